The molecular weight excluding hydrogens is 512 g/mol. The number of amides is 2. The lowest BCUT2D eigenvalue weighted by Gasteiger charge is -2.24. The maximum absolute atomic E-state index is 13.6. The molecule has 1 saturated heterocycles. The van der Waals surface area contributed by atoms with Gasteiger partial charge in [0.05, 0.1) is 37.1 Å². The van der Waals surface area contributed by atoms with Gasteiger partial charge in [0, 0.05) is 30.8 Å². The SMILES string of the molecule is CC(C1CC1)N1Cc2cc(-c3ccn4nc(N)c(C(=O)N[C@@H](CO)C5CC5)c4n3)cc(O[C@@H]3CCOC3)c2C1=O. The Morgan fingerprint density at radius 1 is 1.25 bits per heavy atom. The van der Waals surface area contributed by atoms with Crippen LogP contribution >= 0.6 is 0 Å². The van der Waals surface area contributed by atoms with Gasteiger partial charge in [-0.3, -0.25) is 9.59 Å². The summed E-state index contributed by atoms with van der Waals surface area (Å²) in [5.41, 5.74) is 9.58. The fraction of sp³-hybridized carbons (Fsp3) is 0.517. The zero-order valence-corrected chi connectivity index (χ0v) is 22.5. The first-order chi connectivity index (χ1) is 19.4. The molecule has 4 N–H and O–H groups in total. The third-order valence-corrected chi connectivity index (χ3v) is 8.72. The molecule has 0 spiro atoms. The zero-order chi connectivity index (χ0) is 27.5. The van der Waals surface area contributed by atoms with Crippen LogP contribution in [0.1, 0.15) is 65.3 Å². The summed E-state index contributed by atoms with van der Waals surface area (Å²) in [4.78, 5) is 33.6. The van der Waals surface area contributed by atoms with Crippen LogP contribution in [0.3, 0.4) is 0 Å². The lowest BCUT2D eigenvalue weighted by Crippen LogP contribution is -2.39. The number of nitrogens with zero attached hydrogens (tertiary/aromatic N) is 4. The first-order valence-electron chi connectivity index (χ1n) is 14.2. The van der Waals surface area contributed by atoms with E-state index in [0.717, 1.165) is 43.2 Å². The van der Waals surface area contributed by atoms with Crippen molar-refractivity contribution in [1.29, 1.82) is 0 Å². The summed E-state index contributed by atoms with van der Waals surface area (Å²) >= 11 is 0. The van der Waals surface area contributed by atoms with Crippen molar-refractivity contribution >= 4 is 23.3 Å². The Balaban J connectivity index is 1.26. The number of anilines is 1. The molecule has 2 aliphatic heterocycles. The molecule has 2 aromatic heterocycles. The number of carbonyl (C=O) groups excluding carboxylic acids is 2. The highest BCUT2D eigenvalue weighted by Crippen LogP contribution is 2.42. The van der Waals surface area contributed by atoms with E-state index in [2.05, 4.69) is 17.3 Å². The summed E-state index contributed by atoms with van der Waals surface area (Å²) in [6, 6.07) is 5.54. The lowest BCUT2D eigenvalue weighted by atomic mass is 10.0. The molecule has 7 rings (SSSR count). The van der Waals surface area contributed by atoms with Gasteiger partial charge in [0.15, 0.2) is 11.5 Å². The minimum absolute atomic E-state index is 0.00916. The fourth-order valence-corrected chi connectivity index (χ4v) is 6.00. The number of carbonyl (C=O) groups is 2. The minimum atomic E-state index is -0.405. The molecule has 3 atom stereocenters. The maximum Gasteiger partial charge on any atom is 0.259 e. The van der Waals surface area contributed by atoms with E-state index in [0.29, 0.717) is 48.3 Å². The highest BCUT2D eigenvalue weighted by atomic mass is 16.5. The Labute approximate surface area is 231 Å². The highest BCUT2D eigenvalue weighted by Gasteiger charge is 2.41. The molecule has 0 radical (unpaired) electrons. The first kappa shape index (κ1) is 25.3. The number of rotatable bonds is 9. The minimum Gasteiger partial charge on any atom is -0.487 e. The van der Waals surface area contributed by atoms with Crippen molar-refractivity contribution in [3.8, 4) is 17.0 Å². The second-order valence-corrected chi connectivity index (χ2v) is 11.6. The number of ether oxygens (including phenoxy) is 2. The van der Waals surface area contributed by atoms with Gasteiger partial charge in [-0.1, -0.05) is 0 Å². The summed E-state index contributed by atoms with van der Waals surface area (Å²) in [6.07, 6.45) is 6.64. The van der Waals surface area contributed by atoms with Crippen molar-refractivity contribution < 1.29 is 24.2 Å². The number of hydrogen-bond acceptors (Lipinski definition) is 8. The third-order valence-electron chi connectivity index (χ3n) is 8.72. The second kappa shape index (κ2) is 9.74. The van der Waals surface area contributed by atoms with E-state index in [9.17, 15) is 14.7 Å². The van der Waals surface area contributed by atoms with Crippen LogP contribution in [0.4, 0.5) is 5.82 Å². The number of nitrogens with two attached hydrogens (primary N) is 1. The van der Waals surface area contributed by atoms with Crippen molar-refractivity contribution in [2.75, 3.05) is 25.6 Å². The van der Waals surface area contributed by atoms with Gasteiger partial charge in [-0.2, -0.15) is 0 Å². The van der Waals surface area contributed by atoms with Crippen LogP contribution in [0.25, 0.3) is 16.9 Å². The normalized spacial score (nSPS) is 22.0. The predicted molar refractivity (Wildman–Crippen MR) is 146 cm³/mol. The van der Waals surface area contributed by atoms with Crippen LogP contribution in [-0.4, -0.2) is 74.4 Å². The largest absolute Gasteiger partial charge is 0.487 e. The zero-order valence-electron chi connectivity index (χ0n) is 22.5. The monoisotopic (exact) mass is 546 g/mol. The van der Waals surface area contributed by atoms with Gasteiger partial charge in [0.2, 0.25) is 0 Å². The highest BCUT2D eigenvalue weighted by molar-refractivity contribution is 6.05. The van der Waals surface area contributed by atoms with E-state index in [4.69, 9.17) is 20.2 Å². The quantitative estimate of drug-likeness (QED) is 0.371. The Morgan fingerprint density at radius 2 is 2.05 bits per heavy atom. The van der Waals surface area contributed by atoms with Gasteiger partial charge in [0.25, 0.3) is 11.8 Å². The van der Waals surface area contributed by atoms with E-state index in [1.165, 1.54) is 4.52 Å². The molecule has 1 aromatic carbocycles. The molecule has 2 amide bonds. The Hall–Kier alpha value is -3.70. The number of aromatic nitrogens is 3. The summed E-state index contributed by atoms with van der Waals surface area (Å²) < 4.78 is 13.4. The van der Waals surface area contributed by atoms with Gasteiger partial charge >= 0.3 is 0 Å². The molecule has 4 heterocycles. The van der Waals surface area contributed by atoms with Crippen LogP contribution in [0.2, 0.25) is 0 Å². The average Bonchev–Trinajstić information content (AvgIpc) is 3.86. The van der Waals surface area contributed by atoms with E-state index in [1.54, 1.807) is 6.20 Å². The van der Waals surface area contributed by atoms with E-state index in [1.807, 2.05) is 23.1 Å². The van der Waals surface area contributed by atoms with E-state index >= 15 is 0 Å². The van der Waals surface area contributed by atoms with Crippen molar-refractivity contribution in [2.24, 2.45) is 11.8 Å². The van der Waals surface area contributed by atoms with Crippen LogP contribution in [0, 0.1) is 11.8 Å². The number of fused-ring (bicyclic) bond motifs is 2. The van der Waals surface area contributed by atoms with Crippen molar-refractivity contribution in [3.05, 3.63) is 41.1 Å². The van der Waals surface area contributed by atoms with Gasteiger partial charge in [-0.05, 0) is 68.2 Å². The van der Waals surface area contributed by atoms with Crippen molar-refractivity contribution in [1.82, 2.24) is 24.8 Å². The topological polar surface area (TPSA) is 144 Å². The Bertz CT molecular complexity index is 1490. The van der Waals surface area contributed by atoms with Gasteiger partial charge in [0.1, 0.15) is 17.4 Å². The summed E-state index contributed by atoms with van der Waals surface area (Å²) in [7, 11) is 0. The average molecular weight is 547 g/mol. The van der Waals surface area contributed by atoms with E-state index < -0.39 is 5.91 Å². The van der Waals surface area contributed by atoms with E-state index in [-0.39, 0.29) is 48.0 Å². The molecule has 40 heavy (non-hydrogen) atoms. The number of aliphatic hydroxyl groups excluding tert-OH is 1. The number of nitrogens with one attached hydrogen (secondary N) is 1. The van der Waals surface area contributed by atoms with Crippen LogP contribution in [0.5, 0.6) is 5.75 Å². The molecule has 3 aromatic rings. The molecule has 0 bridgehead atoms. The molecule has 11 heteroatoms. The molecule has 2 saturated carbocycles. The van der Waals surface area contributed by atoms with Crippen LogP contribution in [0.15, 0.2) is 24.4 Å². The van der Waals surface area contributed by atoms with Crippen LogP contribution < -0.4 is 15.8 Å². The predicted octanol–water partition coefficient (Wildman–Crippen LogP) is 2.40. The third kappa shape index (κ3) is 4.46. The smallest absolute Gasteiger partial charge is 0.259 e. The summed E-state index contributed by atoms with van der Waals surface area (Å²) in [5, 5.41) is 16.9. The standard InChI is InChI=1S/C29H34N6O5/c1-15(16-2-3-16)34-12-19-10-18(11-23(24(19)29(34)38)40-20-7-9-39-14-20)21-6-8-35-27(31-21)25(26(30)33-35)28(37)32-22(13-36)17-4-5-17/h6,8,10-11,15-17,20,22,36H,2-5,7,9,12-14H2,1H3,(H2,30,33)(H,32,37)/t15?,20-,22+/m1/s1. The Kier molecular flexibility index (Phi) is 6.16. The molecule has 2 aliphatic carbocycles. The lowest BCUT2D eigenvalue weighted by molar-refractivity contribution is 0.0691. The number of benzene rings is 1. The molecule has 210 valence electrons. The number of aliphatic hydroxyl groups is 1. The number of hydrogen-bond donors (Lipinski definition) is 3. The molecule has 1 unspecified atom stereocenters. The Morgan fingerprint density at radius 3 is 2.75 bits per heavy atom. The summed E-state index contributed by atoms with van der Waals surface area (Å²) in [6.45, 7) is 3.64. The maximum atomic E-state index is 13.6. The molecule has 11 nitrogen and oxygen atoms in total. The van der Waals surface area contributed by atoms with Gasteiger partial charge in [-0.25, -0.2) is 9.50 Å². The van der Waals surface area contributed by atoms with Crippen LogP contribution in [-0.2, 0) is 11.3 Å². The molecular formula is C29H34N6O5. The molecule has 4 aliphatic rings. The van der Waals surface area contributed by atoms with Crippen molar-refractivity contribution in [2.45, 2.75) is 63.8 Å². The van der Waals surface area contributed by atoms with Gasteiger partial charge < -0.3 is 30.5 Å². The van der Waals surface area contributed by atoms with Crippen molar-refractivity contribution in [3.63, 3.8) is 0 Å². The first-order valence-corrected chi connectivity index (χ1v) is 14.2. The molecule has 3 fully saturated rings. The van der Waals surface area contributed by atoms with Gasteiger partial charge in [-0.15, -0.1) is 5.10 Å². The number of nitrogen functional groups attached to an aromatic ring is 1. The summed E-state index contributed by atoms with van der Waals surface area (Å²) in [5.74, 6) is 1.05. The fourth-order valence-electron chi connectivity index (χ4n) is 6.00. The second-order valence-electron chi connectivity index (χ2n) is 11.6.